The van der Waals surface area contributed by atoms with E-state index in [1.165, 1.54) is 0 Å². The van der Waals surface area contributed by atoms with Crippen LogP contribution in [0, 0.1) is 0 Å². The highest BCUT2D eigenvalue weighted by Gasteiger charge is 1.99. The van der Waals surface area contributed by atoms with Crippen molar-refractivity contribution in [3.63, 3.8) is 0 Å². The van der Waals surface area contributed by atoms with Gasteiger partial charge in [0.15, 0.2) is 24.1 Å². The molecule has 0 bridgehead atoms. The van der Waals surface area contributed by atoms with Crippen LogP contribution in [0.3, 0.4) is 0 Å². The third-order valence-electron chi connectivity index (χ3n) is 1.94. The molecule has 2 aromatic rings. The molecule has 0 aliphatic rings. The van der Waals surface area contributed by atoms with Crippen molar-refractivity contribution in [3.05, 3.63) is 47.3 Å². The summed E-state index contributed by atoms with van der Waals surface area (Å²) in [4.78, 5) is 20.7. The first-order valence-electron chi connectivity index (χ1n) is 4.60. The average Bonchev–Trinajstić information content (AvgIpc) is 2.95. The van der Waals surface area contributed by atoms with Crippen LogP contribution in [-0.2, 0) is 0 Å². The van der Waals surface area contributed by atoms with Crippen LogP contribution in [-0.4, -0.2) is 12.6 Å². The van der Waals surface area contributed by atoms with Gasteiger partial charge in [0.05, 0.1) is 0 Å². The Bertz CT molecular complexity index is 482. The van der Waals surface area contributed by atoms with Gasteiger partial charge in [-0.15, -0.1) is 0 Å². The Hall–Kier alpha value is -2.36. The van der Waals surface area contributed by atoms with Crippen LogP contribution in [0.5, 0.6) is 0 Å². The zero-order chi connectivity index (χ0) is 11.4. The molecule has 4 heteroatoms. The predicted molar refractivity (Wildman–Crippen MR) is 57.1 cm³/mol. The van der Waals surface area contributed by atoms with Crippen molar-refractivity contribution in [2.45, 2.75) is 0 Å². The Kier molecular flexibility index (Phi) is 2.82. The Morgan fingerprint density at radius 1 is 0.688 bits per heavy atom. The molecule has 0 N–H and O–H groups in total. The Morgan fingerprint density at radius 3 is 1.38 bits per heavy atom. The first kappa shape index (κ1) is 10.2. The molecule has 0 aromatic carbocycles. The fraction of sp³-hybridized carbons (Fsp3) is 0. The second-order valence-corrected chi connectivity index (χ2v) is 3.05. The van der Waals surface area contributed by atoms with Crippen LogP contribution < -0.4 is 0 Å². The molecule has 0 aliphatic carbocycles. The monoisotopic (exact) mass is 216 g/mol. The summed E-state index contributed by atoms with van der Waals surface area (Å²) in [7, 11) is 0. The third-order valence-corrected chi connectivity index (χ3v) is 1.94. The summed E-state index contributed by atoms with van der Waals surface area (Å²) in [5.74, 6) is 1.64. The summed E-state index contributed by atoms with van der Waals surface area (Å²) in [6, 6.07) is 6.49. The molecule has 16 heavy (non-hydrogen) atoms. The quantitative estimate of drug-likeness (QED) is 0.737. The topological polar surface area (TPSA) is 60.4 Å². The van der Waals surface area contributed by atoms with Crippen molar-refractivity contribution in [3.8, 4) is 0 Å². The lowest BCUT2D eigenvalue weighted by Gasteiger charge is -1.85. The first-order chi connectivity index (χ1) is 7.81. The maximum atomic E-state index is 10.4. The van der Waals surface area contributed by atoms with Crippen LogP contribution in [0.25, 0.3) is 12.2 Å². The minimum absolute atomic E-state index is 0.271. The van der Waals surface area contributed by atoms with Gasteiger partial charge in [0.2, 0.25) is 0 Å². The van der Waals surface area contributed by atoms with E-state index in [4.69, 9.17) is 8.83 Å². The predicted octanol–water partition coefficient (Wildman–Crippen LogP) is 2.67. The Morgan fingerprint density at radius 2 is 1.06 bits per heavy atom. The Balaban J connectivity index is 2.13. The van der Waals surface area contributed by atoms with Gasteiger partial charge in [-0.2, -0.15) is 0 Å². The van der Waals surface area contributed by atoms with Crippen molar-refractivity contribution >= 4 is 24.7 Å². The van der Waals surface area contributed by atoms with Gasteiger partial charge >= 0.3 is 0 Å². The minimum Gasteiger partial charge on any atom is -0.454 e. The summed E-state index contributed by atoms with van der Waals surface area (Å²) in [6.45, 7) is 0. The van der Waals surface area contributed by atoms with E-state index in [0.29, 0.717) is 24.1 Å². The molecule has 2 aromatic heterocycles. The summed E-state index contributed by atoms with van der Waals surface area (Å²) in [6.07, 6.45) is 4.57. The molecule has 4 nitrogen and oxygen atoms in total. The van der Waals surface area contributed by atoms with E-state index < -0.39 is 0 Å². The zero-order valence-electron chi connectivity index (χ0n) is 8.25. The summed E-state index contributed by atoms with van der Waals surface area (Å²) in [5, 5.41) is 0. The molecule has 0 atom stereocenters. The molecular formula is C12H8O4. The smallest absolute Gasteiger partial charge is 0.185 e. The summed E-state index contributed by atoms with van der Waals surface area (Å²) in [5.41, 5.74) is 0. The standard InChI is InChI=1S/C12H8O4/c13-7-11-5-3-9(15-11)1-2-10-4-6-12(8-14)16-10/h1-8H/b2-1-. The van der Waals surface area contributed by atoms with Crippen molar-refractivity contribution < 1.29 is 18.4 Å². The van der Waals surface area contributed by atoms with Gasteiger partial charge < -0.3 is 8.83 Å². The van der Waals surface area contributed by atoms with Crippen LogP contribution in [0.1, 0.15) is 32.6 Å². The van der Waals surface area contributed by atoms with Gasteiger partial charge in [-0.25, -0.2) is 0 Å². The largest absolute Gasteiger partial charge is 0.454 e. The fourth-order valence-corrected chi connectivity index (χ4v) is 1.21. The third kappa shape index (κ3) is 2.17. The van der Waals surface area contributed by atoms with E-state index in [1.54, 1.807) is 36.4 Å². The van der Waals surface area contributed by atoms with E-state index in [1.807, 2.05) is 0 Å². The van der Waals surface area contributed by atoms with Crippen molar-refractivity contribution in [2.75, 3.05) is 0 Å². The number of carbonyl (C=O) groups is 2. The van der Waals surface area contributed by atoms with E-state index in [2.05, 4.69) is 0 Å². The average molecular weight is 216 g/mol. The van der Waals surface area contributed by atoms with Crippen LogP contribution >= 0.6 is 0 Å². The molecule has 2 rings (SSSR count). The van der Waals surface area contributed by atoms with Crippen LogP contribution in [0.2, 0.25) is 0 Å². The zero-order valence-corrected chi connectivity index (χ0v) is 8.25. The van der Waals surface area contributed by atoms with Gasteiger partial charge in [0, 0.05) is 0 Å². The molecule has 0 saturated heterocycles. The maximum Gasteiger partial charge on any atom is 0.185 e. The lowest BCUT2D eigenvalue weighted by molar-refractivity contribution is 0.109. The molecular weight excluding hydrogens is 208 g/mol. The molecule has 0 amide bonds. The molecule has 0 fully saturated rings. The van der Waals surface area contributed by atoms with Crippen molar-refractivity contribution in [1.29, 1.82) is 0 Å². The highest BCUT2D eigenvalue weighted by molar-refractivity contribution is 5.74. The highest BCUT2D eigenvalue weighted by Crippen LogP contribution is 2.12. The summed E-state index contributed by atoms with van der Waals surface area (Å²) >= 11 is 0. The van der Waals surface area contributed by atoms with Gasteiger partial charge in [0.25, 0.3) is 0 Å². The molecule has 0 radical (unpaired) electrons. The van der Waals surface area contributed by atoms with Gasteiger partial charge in [-0.3, -0.25) is 9.59 Å². The van der Waals surface area contributed by atoms with Gasteiger partial charge in [-0.1, -0.05) is 0 Å². The lowest BCUT2D eigenvalue weighted by atomic mass is 10.3. The molecule has 0 unspecified atom stereocenters. The second kappa shape index (κ2) is 4.44. The molecule has 0 saturated carbocycles. The molecule has 80 valence electrons. The van der Waals surface area contributed by atoms with E-state index in [9.17, 15) is 9.59 Å². The number of hydrogen-bond acceptors (Lipinski definition) is 4. The number of rotatable bonds is 4. The van der Waals surface area contributed by atoms with Crippen LogP contribution in [0.4, 0.5) is 0 Å². The first-order valence-corrected chi connectivity index (χ1v) is 4.60. The van der Waals surface area contributed by atoms with Gasteiger partial charge in [-0.05, 0) is 36.4 Å². The van der Waals surface area contributed by atoms with Gasteiger partial charge in [0.1, 0.15) is 11.5 Å². The lowest BCUT2D eigenvalue weighted by Crippen LogP contribution is -1.69. The van der Waals surface area contributed by atoms with E-state index in [-0.39, 0.29) is 11.5 Å². The highest BCUT2D eigenvalue weighted by atomic mass is 16.4. The number of furan rings is 2. The van der Waals surface area contributed by atoms with E-state index in [0.717, 1.165) is 0 Å². The fourth-order valence-electron chi connectivity index (χ4n) is 1.21. The Labute approximate surface area is 91.2 Å². The molecule has 0 spiro atoms. The second-order valence-electron chi connectivity index (χ2n) is 3.05. The van der Waals surface area contributed by atoms with Crippen LogP contribution in [0.15, 0.2) is 33.1 Å². The van der Waals surface area contributed by atoms with E-state index >= 15 is 0 Å². The minimum atomic E-state index is 0.271. The number of carbonyl (C=O) groups excluding carboxylic acids is 2. The maximum absolute atomic E-state index is 10.4. The normalized spacial score (nSPS) is 10.8. The number of hydrogen-bond donors (Lipinski definition) is 0. The molecule has 2 heterocycles. The van der Waals surface area contributed by atoms with Crippen molar-refractivity contribution in [2.24, 2.45) is 0 Å². The van der Waals surface area contributed by atoms with Crippen molar-refractivity contribution in [1.82, 2.24) is 0 Å². The summed E-state index contributed by atoms with van der Waals surface area (Å²) < 4.78 is 10.2. The number of aldehydes is 2. The molecule has 0 aliphatic heterocycles. The SMILES string of the molecule is O=Cc1ccc(/C=C\c2ccc(C=O)o2)o1.